The number of anilines is 3. The van der Waals surface area contributed by atoms with Gasteiger partial charge < -0.3 is 4.90 Å². The van der Waals surface area contributed by atoms with Crippen LogP contribution in [0.1, 0.15) is 43.8 Å². The molecule has 0 bridgehead atoms. The lowest BCUT2D eigenvalue weighted by Gasteiger charge is -2.30. The van der Waals surface area contributed by atoms with E-state index in [2.05, 4.69) is 102 Å². The molecular weight excluding hydrogens is 526 g/mol. The molecule has 2 aliphatic carbocycles. The van der Waals surface area contributed by atoms with Crippen molar-refractivity contribution in [2.24, 2.45) is 0 Å². The highest BCUT2D eigenvalue weighted by molar-refractivity contribution is 6.41. The van der Waals surface area contributed by atoms with Gasteiger partial charge in [-0.1, -0.05) is 103 Å². The zero-order valence-electron chi connectivity index (χ0n) is 23.5. The zero-order valence-corrected chi connectivity index (χ0v) is 23.5. The molecule has 3 heteroatoms. The van der Waals surface area contributed by atoms with Crippen molar-refractivity contribution in [3.05, 3.63) is 161 Å². The molecule has 0 saturated carbocycles. The first-order valence-electron chi connectivity index (χ1n) is 14.7. The number of Topliss-reactive ketones (excluding diaryl/α,β-unsaturated/α-hetero) is 2. The predicted molar refractivity (Wildman–Crippen MR) is 177 cm³/mol. The van der Waals surface area contributed by atoms with Crippen LogP contribution in [0.2, 0.25) is 0 Å². The number of benzene rings is 6. The molecule has 0 radical (unpaired) electrons. The third-order valence-corrected chi connectivity index (χ3v) is 8.57. The minimum Gasteiger partial charge on any atom is -0.309 e. The van der Waals surface area contributed by atoms with Crippen molar-refractivity contribution >= 4 is 62.3 Å². The number of hydrogen-bond acceptors (Lipinski definition) is 3. The smallest absolute Gasteiger partial charge is 0.197 e. The second-order valence-electron chi connectivity index (χ2n) is 11.2. The Morgan fingerprint density at radius 3 is 2.12 bits per heavy atom. The van der Waals surface area contributed by atoms with Crippen molar-refractivity contribution in [3.8, 4) is 0 Å². The van der Waals surface area contributed by atoms with Gasteiger partial charge in [0.05, 0.1) is 11.3 Å². The predicted octanol–water partition coefficient (Wildman–Crippen LogP) is 9.88. The molecule has 0 atom stereocenters. The standard InChI is InChI=1S/C40H27NO2/c42-39-35-16-8-9-17-36(35)40(43)37(39)23-26-18-19-28-25-32(21-20-27(28)22-26)41(31-12-2-1-3-13-31)38-33-14-6-4-10-29(33)24-30-11-5-7-15-34(30)38/h1-4,6-10,12-25H,5,11H2. The SMILES string of the molecule is O=C1C(=Cc2ccc3cc(N(c4ccccc4)c4c5c(cc6ccccc46)CCC=C5)ccc3c2)C(=O)c2ccccc21. The summed E-state index contributed by atoms with van der Waals surface area (Å²) in [4.78, 5) is 28.3. The quantitative estimate of drug-likeness (QED) is 0.161. The molecule has 0 fully saturated rings. The Morgan fingerprint density at radius 2 is 1.30 bits per heavy atom. The number of rotatable bonds is 4. The van der Waals surface area contributed by atoms with Gasteiger partial charge in [-0.3, -0.25) is 9.59 Å². The molecule has 0 heterocycles. The van der Waals surface area contributed by atoms with Gasteiger partial charge in [0, 0.05) is 33.5 Å². The van der Waals surface area contributed by atoms with Crippen molar-refractivity contribution in [1.29, 1.82) is 0 Å². The van der Waals surface area contributed by atoms with Crippen LogP contribution in [0.15, 0.2) is 133 Å². The first kappa shape index (κ1) is 25.2. The topological polar surface area (TPSA) is 37.4 Å². The zero-order chi connectivity index (χ0) is 28.9. The van der Waals surface area contributed by atoms with Crippen LogP contribution in [0, 0.1) is 0 Å². The molecule has 0 spiro atoms. The molecule has 0 saturated heterocycles. The van der Waals surface area contributed by atoms with Gasteiger partial charge in [0.25, 0.3) is 0 Å². The molecule has 0 aromatic heterocycles. The number of fused-ring (bicyclic) bond motifs is 4. The lowest BCUT2D eigenvalue weighted by molar-refractivity contribution is 0.0990. The average Bonchev–Trinajstić information content (AvgIpc) is 3.30. The molecule has 204 valence electrons. The summed E-state index contributed by atoms with van der Waals surface area (Å²) >= 11 is 0. The van der Waals surface area contributed by atoms with E-state index in [1.165, 1.54) is 27.6 Å². The average molecular weight is 554 g/mol. The van der Waals surface area contributed by atoms with Crippen LogP contribution in [0.5, 0.6) is 0 Å². The van der Waals surface area contributed by atoms with Crippen LogP contribution in [0.25, 0.3) is 33.7 Å². The van der Waals surface area contributed by atoms with Gasteiger partial charge in [-0.15, -0.1) is 0 Å². The molecule has 0 N–H and O–H groups in total. The van der Waals surface area contributed by atoms with E-state index in [0.717, 1.165) is 40.6 Å². The summed E-state index contributed by atoms with van der Waals surface area (Å²) in [5.41, 5.74) is 8.01. The van der Waals surface area contributed by atoms with Gasteiger partial charge in [-0.2, -0.15) is 0 Å². The van der Waals surface area contributed by atoms with Crippen molar-refractivity contribution < 1.29 is 9.59 Å². The maximum atomic E-state index is 13.0. The van der Waals surface area contributed by atoms with Crippen LogP contribution in [0.3, 0.4) is 0 Å². The molecule has 6 aromatic carbocycles. The van der Waals surface area contributed by atoms with Gasteiger partial charge in [-0.25, -0.2) is 0 Å². The van der Waals surface area contributed by atoms with E-state index >= 15 is 0 Å². The molecule has 6 aromatic rings. The Hall–Kier alpha value is -5.54. The number of carbonyl (C=O) groups excluding carboxylic acids is 2. The fourth-order valence-electron chi connectivity index (χ4n) is 6.51. The second-order valence-corrected chi connectivity index (χ2v) is 11.2. The van der Waals surface area contributed by atoms with Gasteiger partial charge in [0.1, 0.15) is 0 Å². The summed E-state index contributed by atoms with van der Waals surface area (Å²) in [6.07, 6.45) is 8.36. The molecular formula is C40H27NO2. The summed E-state index contributed by atoms with van der Waals surface area (Å²) in [5, 5.41) is 4.58. The Labute approximate surface area is 250 Å². The van der Waals surface area contributed by atoms with Crippen molar-refractivity contribution in [1.82, 2.24) is 0 Å². The first-order chi connectivity index (χ1) is 21.2. The number of ketones is 2. The summed E-state index contributed by atoms with van der Waals surface area (Å²) in [6, 6.07) is 41.2. The van der Waals surface area contributed by atoms with Gasteiger partial charge in [0.15, 0.2) is 11.6 Å². The van der Waals surface area contributed by atoms with Crippen LogP contribution >= 0.6 is 0 Å². The number of aryl methyl sites for hydroxylation is 1. The van der Waals surface area contributed by atoms with Crippen LogP contribution in [-0.4, -0.2) is 11.6 Å². The Kier molecular flexibility index (Phi) is 5.90. The molecule has 0 unspecified atom stereocenters. The van der Waals surface area contributed by atoms with Crippen LogP contribution < -0.4 is 4.90 Å². The highest BCUT2D eigenvalue weighted by Crippen LogP contribution is 2.45. The summed E-state index contributed by atoms with van der Waals surface area (Å²) in [5.74, 6) is -0.413. The van der Waals surface area contributed by atoms with E-state index in [1.54, 1.807) is 30.3 Å². The minimum absolute atomic E-state index is 0.206. The molecule has 0 amide bonds. The maximum Gasteiger partial charge on any atom is 0.197 e. The number of hydrogen-bond donors (Lipinski definition) is 0. The van der Waals surface area contributed by atoms with Crippen LogP contribution in [0.4, 0.5) is 17.1 Å². The molecule has 0 aliphatic heterocycles. The van der Waals surface area contributed by atoms with E-state index in [0.29, 0.717) is 11.1 Å². The molecule has 43 heavy (non-hydrogen) atoms. The monoisotopic (exact) mass is 553 g/mol. The van der Waals surface area contributed by atoms with E-state index in [4.69, 9.17) is 0 Å². The molecule has 2 aliphatic rings. The van der Waals surface area contributed by atoms with Crippen molar-refractivity contribution in [2.45, 2.75) is 12.8 Å². The number of allylic oxidation sites excluding steroid dienone is 2. The maximum absolute atomic E-state index is 13.0. The minimum atomic E-state index is -0.206. The summed E-state index contributed by atoms with van der Waals surface area (Å²) in [7, 11) is 0. The fourth-order valence-corrected chi connectivity index (χ4v) is 6.51. The number of para-hydroxylation sites is 1. The van der Waals surface area contributed by atoms with Gasteiger partial charge >= 0.3 is 0 Å². The van der Waals surface area contributed by atoms with Crippen molar-refractivity contribution in [3.63, 3.8) is 0 Å². The lowest BCUT2D eigenvalue weighted by atomic mass is 9.90. The van der Waals surface area contributed by atoms with Gasteiger partial charge in [-0.05, 0) is 76.5 Å². The first-order valence-corrected chi connectivity index (χ1v) is 14.7. The van der Waals surface area contributed by atoms with E-state index in [9.17, 15) is 9.59 Å². The van der Waals surface area contributed by atoms with Gasteiger partial charge in [0.2, 0.25) is 0 Å². The van der Waals surface area contributed by atoms with E-state index < -0.39 is 0 Å². The second kappa shape index (κ2) is 10.1. The highest BCUT2D eigenvalue weighted by atomic mass is 16.2. The molecule has 8 rings (SSSR count). The Balaban J connectivity index is 1.26. The highest BCUT2D eigenvalue weighted by Gasteiger charge is 2.32. The number of carbonyl (C=O) groups is 2. The Bertz CT molecular complexity index is 2130. The Morgan fingerprint density at radius 1 is 0.605 bits per heavy atom. The largest absolute Gasteiger partial charge is 0.309 e. The fraction of sp³-hybridized carbons (Fsp3) is 0.0500. The van der Waals surface area contributed by atoms with E-state index in [1.807, 2.05) is 12.1 Å². The summed E-state index contributed by atoms with van der Waals surface area (Å²) in [6.45, 7) is 0. The van der Waals surface area contributed by atoms with Crippen LogP contribution in [-0.2, 0) is 6.42 Å². The van der Waals surface area contributed by atoms with Crippen molar-refractivity contribution in [2.75, 3.05) is 4.90 Å². The normalized spacial score (nSPS) is 13.8. The third-order valence-electron chi connectivity index (χ3n) is 8.57. The number of nitrogens with zero attached hydrogens (tertiary/aromatic N) is 1. The third kappa shape index (κ3) is 4.21. The lowest BCUT2D eigenvalue weighted by Crippen LogP contribution is -2.13. The van der Waals surface area contributed by atoms with E-state index in [-0.39, 0.29) is 17.1 Å². The summed E-state index contributed by atoms with van der Waals surface area (Å²) < 4.78 is 0. The molecule has 3 nitrogen and oxygen atoms in total.